The van der Waals surface area contributed by atoms with Crippen LogP contribution in [0.2, 0.25) is 0 Å². The molecule has 0 saturated carbocycles. The SMILES string of the molecule is COc1ccccc1CN(C)C(=O)CSc1nnc(-c2c[nH]c3ccccc23)o1. The summed E-state index contributed by atoms with van der Waals surface area (Å²) in [6, 6.07) is 15.6. The number of rotatable bonds is 7. The molecule has 4 aromatic rings. The van der Waals surface area contributed by atoms with E-state index in [1.807, 2.05) is 54.7 Å². The molecular weight excluding hydrogens is 388 g/mol. The molecule has 2 aromatic carbocycles. The summed E-state index contributed by atoms with van der Waals surface area (Å²) in [4.78, 5) is 17.3. The van der Waals surface area contributed by atoms with Crippen molar-refractivity contribution in [1.29, 1.82) is 0 Å². The first-order valence-electron chi connectivity index (χ1n) is 9.04. The van der Waals surface area contributed by atoms with Crippen LogP contribution in [-0.2, 0) is 11.3 Å². The number of nitrogens with zero attached hydrogens (tertiary/aromatic N) is 3. The number of H-pyrrole nitrogens is 1. The van der Waals surface area contributed by atoms with Crippen LogP contribution in [0, 0.1) is 0 Å². The second-order valence-electron chi connectivity index (χ2n) is 6.47. The maximum absolute atomic E-state index is 12.5. The third-order valence-electron chi connectivity index (χ3n) is 4.57. The van der Waals surface area contributed by atoms with Crippen molar-refractivity contribution in [2.75, 3.05) is 19.9 Å². The van der Waals surface area contributed by atoms with Gasteiger partial charge < -0.3 is 19.0 Å². The quantitative estimate of drug-likeness (QED) is 0.466. The van der Waals surface area contributed by atoms with E-state index in [0.717, 1.165) is 27.8 Å². The van der Waals surface area contributed by atoms with E-state index in [9.17, 15) is 4.79 Å². The van der Waals surface area contributed by atoms with E-state index in [1.54, 1.807) is 19.1 Å². The minimum atomic E-state index is -0.0345. The van der Waals surface area contributed by atoms with Gasteiger partial charge in [-0.25, -0.2) is 0 Å². The number of aromatic amines is 1. The Balaban J connectivity index is 1.39. The molecule has 0 radical (unpaired) electrons. The molecule has 1 N–H and O–H groups in total. The molecule has 7 nitrogen and oxygen atoms in total. The molecule has 148 valence electrons. The van der Waals surface area contributed by atoms with Crippen LogP contribution in [-0.4, -0.2) is 45.9 Å². The number of para-hydroxylation sites is 2. The fraction of sp³-hybridized carbons (Fsp3) is 0.190. The van der Waals surface area contributed by atoms with E-state index in [2.05, 4.69) is 15.2 Å². The monoisotopic (exact) mass is 408 g/mol. The Morgan fingerprint density at radius 1 is 1.17 bits per heavy atom. The van der Waals surface area contributed by atoms with Crippen molar-refractivity contribution in [3.8, 4) is 17.2 Å². The standard InChI is InChI=1S/C21H20N4O3S/c1-25(12-14-7-3-6-10-18(14)27-2)19(26)13-29-21-24-23-20(28-21)16-11-22-17-9-5-4-8-15(16)17/h3-11,22H,12-13H2,1-2H3. The summed E-state index contributed by atoms with van der Waals surface area (Å²) in [5, 5.41) is 9.57. The molecule has 0 bridgehead atoms. The number of carbonyl (C=O) groups is 1. The molecule has 0 aliphatic heterocycles. The lowest BCUT2D eigenvalue weighted by Crippen LogP contribution is -2.28. The van der Waals surface area contributed by atoms with E-state index in [4.69, 9.17) is 9.15 Å². The number of nitrogens with one attached hydrogen (secondary N) is 1. The first kappa shape index (κ1) is 19.1. The Morgan fingerprint density at radius 2 is 1.97 bits per heavy atom. The Morgan fingerprint density at radius 3 is 2.83 bits per heavy atom. The van der Waals surface area contributed by atoms with Gasteiger partial charge in [0.15, 0.2) is 0 Å². The lowest BCUT2D eigenvalue weighted by molar-refractivity contribution is -0.127. The summed E-state index contributed by atoms with van der Waals surface area (Å²) in [7, 11) is 3.39. The van der Waals surface area contributed by atoms with Crippen molar-refractivity contribution in [1.82, 2.24) is 20.1 Å². The van der Waals surface area contributed by atoms with Gasteiger partial charge in [-0.1, -0.05) is 48.2 Å². The van der Waals surface area contributed by atoms with Crippen molar-refractivity contribution in [2.45, 2.75) is 11.8 Å². The van der Waals surface area contributed by atoms with Gasteiger partial charge in [0, 0.05) is 36.3 Å². The van der Waals surface area contributed by atoms with Gasteiger partial charge in [-0.05, 0) is 12.1 Å². The molecule has 0 aliphatic carbocycles. The molecular formula is C21H20N4O3S. The fourth-order valence-corrected chi connectivity index (χ4v) is 3.74. The largest absolute Gasteiger partial charge is 0.496 e. The summed E-state index contributed by atoms with van der Waals surface area (Å²) in [5.41, 5.74) is 2.80. The highest BCUT2D eigenvalue weighted by Crippen LogP contribution is 2.29. The zero-order valence-electron chi connectivity index (χ0n) is 16.1. The van der Waals surface area contributed by atoms with Crippen molar-refractivity contribution >= 4 is 28.6 Å². The van der Waals surface area contributed by atoms with Gasteiger partial charge >= 0.3 is 0 Å². The Labute approximate surface area is 172 Å². The van der Waals surface area contributed by atoms with Crippen LogP contribution in [0.4, 0.5) is 0 Å². The van der Waals surface area contributed by atoms with Gasteiger partial charge in [0.2, 0.25) is 5.91 Å². The average molecular weight is 408 g/mol. The van der Waals surface area contributed by atoms with Crippen LogP contribution in [0.25, 0.3) is 22.4 Å². The fourth-order valence-electron chi connectivity index (χ4n) is 3.04. The van der Waals surface area contributed by atoms with Gasteiger partial charge in [-0.3, -0.25) is 4.79 Å². The van der Waals surface area contributed by atoms with Gasteiger partial charge in [-0.15, -0.1) is 10.2 Å². The van der Waals surface area contributed by atoms with Crippen molar-refractivity contribution in [3.05, 3.63) is 60.3 Å². The smallest absolute Gasteiger partial charge is 0.277 e. The number of benzene rings is 2. The summed E-state index contributed by atoms with van der Waals surface area (Å²) >= 11 is 1.23. The lowest BCUT2D eigenvalue weighted by atomic mass is 10.2. The molecule has 2 aromatic heterocycles. The zero-order chi connectivity index (χ0) is 20.2. The Kier molecular flexibility index (Phi) is 5.53. The summed E-state index contributed by atoms with van der Waals surface area (Å²) < 4.78 is 11.1. The average Bonchev–Trinajstić information content (AvgIpc) is 3.39. The van der Waals surface area contributed by atoms with Crippen LogP contribution in [0.1, 0.15) is 5.56 Å². The predicted molar refractivity (Wildman–Crippen MR) is 112 cm³/mol. The van der Waals surface area contributed by atoms with Gasteiger partial charge in [0.25, 0.3) is 11.1 Å². The van der Waals surface area contributed by atoms with Crippen LogP contribution in [0.5, 0.6) is 5.75 Å². The first-order valence-corrected chi connectivity index (χ1v) is 10.0. The molecule has 2 heterocycles. The maximum atomic E-state index is 12.5. The third-order valence-corrected chi connectivity index (χ3v) is 5.37. The van der Waals surface area contributed by atoms with E-state index in [1.165, 1.54) is 11.8 Å². The number of aromatic nitrogens is 3. The first-order chi connectivity index (χ1) is 14.2. The molecule has 0 atom stereocenters. The molecule has 4 rings (SSSR count). The second kappa shape index (κ2) is 8.40. The Bertz CT molecular complexity index is 1140. The normalized spacial score (nSPS) is 11.0. The number of thioether (sulfide) groups is 1. The highest BCUT2D eigenvalue weighted by molar-refractivity contribution is 7.99. The topological polar surface area (TPSA) is 84.2 Å². The molecule has 1 amide bonds. The molecule has 0 unspecified atom stereocenters. The molecule has 0 aliphatic rings. The van der Waals surface area contributed by atoms with E-state index >= 15 is 0 Å². The van der Waals surface area contributed by atoms with Gasteiger partial charge in [0.05, 0.1) is 18.4 Å². The van der Waals surface area contributed by atoms with Crippen molar-refractivity contribution < 1.29 is 13.9 Å². The number of methoxy groups -OCH3 is 1. The molecule has 0 spiro atoms. The predicted octanol–water partition coefficient (Wildman–Crippen LogP) is 3.98. The van der Waals surface area contributed by atoms with Gasteiger partial charge in [0.1, 0.15) is 5.75 Å². The van der Waals surface area contributed by atoms with Crippen LogP contribution in [0.3, 0.4) is 0 Å². The summed E-state index contributed by atoms with van der Waals surface area (Å²) in [6.07, 6.45) is 1.85. The lowest BCUT2D eigenvalue weighted by Gasteiger charge is -2.18. The van der Waals surface area contributed by atoms with Gasteiger partial charge in [-0.2, -0.15) is 0 Å². The number of fused-ring (bicyclic) bond motifs is 1. The zero-order valence-corrected chi connectivity index (χ0v) is 16.9. The van der Waals surface area contributed by atoms with Crippen molar-refractivity contribution in [3.63, 3.8) is 0 Å². The summed E-state index contributed by atoms with van der Waals surface area (Å²) in [5.74, 6) is 1.37. The third kappa shape index (κ3) is 4.12. The van der Waals surface area contributed by atoms with E-state index in [0.29, 0.717) is 17.7 Å². The molecule has 0 fully saturated rings. The number of hydrogen-bond acceptors (Lipinski definition) is 6. The molecule has 0 saturated heterocycles. The maximum Gasteiger partial charge on any atom is 0.277 e. The van der Waals surface area contributed by atoms with Crippen LogP contribution < -0.4 is 4.74 Å². The Hall–Kier alpha value is -3.26. The van der Waals surface area contributed by atoms with E-state index < -0.39 is 0 Å². The number of carbonyl (C=O) groups excluding carboxylic acids is 1. The summed E-state index contributed by atoms with van der Waals surface area (Å²) in [6.45, 7) is 0.466. The number of amides is 1. The number of hydrogen-bond donors (Lipinski definition) is 1. The van der Waals surface area contributed by atoms with E-state index in [-0.39, 0.29) is 11.7 Å². The highest BCUT2D eigenvalue weighted by atomic mass is 32.2. The highest BCUT2D eigenvalue weighted by Gasteiger charge is 2.16. The minimum absolute atomic E-state index is 0.0345. The minimum Gasteiger partial charge on any atom is -0.496 e. The van der Waals surface area contributed by atoms with Crippen LogP contribution >= 0.6 is 11.8 Å². The molecule has 29 heavy (non-hydrogen) atoms. The number of ether oxygens (including phenoxy) is 1. The second-order valence-corrected chi connectivity index (χ2v) is 7.40. The molecule has 8 heteroatoms. The van der Waals surface area contributed by atoms with Crippen LogP contribution in [0.15, 0.2) is 64.4 Å². The van der Waals surface area contributed by atoms with Crippen molar-refractivity contribution in [2.24, 2.45) is 0 Å².